The molecule has 0 aromatic heterocycles. The molecule has 1 rings (SSSR count). The summed E-state index contributed by atoms with van der Waals surface area (Å²) in [5, 5.41) is 0. The average Bonchev–Trinajstić information content (AvgIpc) is 2.17. The van der Waals surface area contributed by atoms with Gasteiger partial charge in [-0.25, -0.2) is 3.21 Å². The highest BCUT2D eigenvalue weighted by Gasteiger charge is 2.32. The van der Waals surface area contributed by atoms with E-state index in [4.69, 9.17) is 0 Å². The first-order valence-corrected chi connectivity index (χ1v) is 5.88. The normalized spacial score (nSPS) is 24.1. The van der Waals surface area contributed by atoms with Crippen molar-refractivity contribution in [2.45, 2.75) is 52.4 Å². The van der Waals surface area contributed by atoms with Gasteiger partial charge in [-0.15, -0.1) is 0 Å². The van der Waals surface area contributed by atoms with E-state index in [-0.39, 0.29) is 0 Å². The molecule has 0 aromatic carbocycles. The van der Waals surface area contributed by atoms with E-state index >= 15 is 0 Å². The van der Waals surface area contributed by atoms with E-state index in [0.717, 1.165) is 0 Å². The van der Waals surface area contributed by atoms with E-state index in [9.17, 15) is 0 Å². The largest absolute Gasteiger partial charge is 0.224 e. The van der Waals surface area contributed by atoms with E-state index < -0.39 is 0 Å². The molecule has 0 atom stereocenters. The van der Waals surface area contributed by atoms with E-state index in [0.29, 0.717) is 5.41 Å². The molecule has 0 amide bonds. The molecular formula is C10H18IN. The van der Waals surface area contributed by atoms with Crippen molar-refractivity contribution in [3.8, 4) is 0 Å². The molecule has 1 aliphatic rings. The third kappa shape index (κ3) is 2.01. The first-order chi connectivity index (χ1) is 5.75. The first kappa shape index (κ1) is 10.5. The van der Waals surface area contributed by atoms with Gasteiger partial charge < -0.3 is 0 Å². The Morgan fingerprint density at radius 3 is 2.33 bits per heavy atom. The van der Waals surface area contributed by atoms with Crippen LogP contribution in [0.5, 0.6) is 0 Å². The molecular weight excluding hydrogens is 261 g/mol. The van der Waals surface area contributed by atoms with Gasteiger partial charge in [-0.2, -0.15) is 0 Å². The Balaban J connectivity index is 2.73. The summed E-state index contributed by atoms with van der Waals surface area (Å²) in [6.45, 7) is 4.50. The fourth-order valence-corrected chi connectivity index (χ4v) is 2.80. The molecule has 70 valence electrons. The average molecular weight is 279 g/mol. The fraction of sp³-hybridized carbons (Fsp3) is 0.900. The van der Waals surface area contributed by atoms with Crippen LogP contribution < -0.4 is 0 Å². The quantitative estimate of drug-likeness (QED) is 0.531. The SMILES string of the molecule is CCC1(C(C)=NI)CCCCC1. The summed E-state index contributed by atoms with van der Waals surface area (Å²) in [6, 6.07) is 0. The lowest BCUT2D eigenvalue weighted by Crippen LogP contribution is -2.30. The number of rotatable bonds is 2. The Morgan fingerprint density at radius 2 is 1.92 bits per heavy atom. The fourth-order valence-electron chi connectivity index (χ4n) is 2.29. The second-order valence-corrected chi connectivity index (χ2v) is 4.35. The van der Waals surface area contributed by atoms with Crippen molar-refractivity contribution in [3.63, 3.8) is 0 Å². The van der Waals surface area contributed by atoms with Gasteiger partial charge in [0.25, 0.3) is 0 Å². The van der Waals surface area contributed by atoms with E-state index in [2.05, 4.69) is 39.9 Å². The maximum absolute atomic E-state index is 4.34. The van der Waals surface area contributed by atoms with Crippen molar-refractivity contribution in [1.82, 2.24) is 0 Å². The van der Waals surface area contributed by atoms with Crippen LogP contribution >= 0.6 is 22.9 Å². The van der Waals surface area contributed by atoms with Gasteiger partial charge in [-0.3, -0.25) is 0 Å². The molecule has 1 saturated carbocycles. The molecule has 0 aromatic rings. The highest BCUT2D eigenvalue weighted by Crippen LogP contribution is 2.40. The van der Waals surface area contributed by atoms with Crippen molar-refractivity contribution in [1.29, 1.82) is 0 Å². The minimum Gasteiger partial charge on any atom is -0.224 e. The van der Waals surface area contributed by atoms with Crippen LogP contribution in [0.2, 0.25) is 0 Å². The van der Waals surface area contributed by atoms with E-state index in [1.807, 2.05) is 0 Å². The van der Waals surface area contributed by atoms with Crippen molar-refractivity contribution in [2.24, 2.45) is 8.62 Å². The Hall–Kier alpha value is 0.400. The highest BCUT2D eigenvalue weighted by molar-refractivity contribution is 14.1. The zero-order chi connectivity index (χ0) is 9.03. The van der Waals surface area contributed by atoms with E-state index in [1.165, 1.54) is 44.2 Å². The summed E-state index contributed by atoms with van der Waals surface area (Å²) in [5.74, 6) is 0. The van der Waals surface area contributed by atoms with Crippen LogP contribution in [0.3, 0.4) is 0 Å². The lowest BCUT2D eigenvalue weighted by Gasteiger charge is -2.36. The van der Waals surface area contributed by atoms with Crippen LogP contribution in [0.1, 0.15) is 52.4 Å². The second-order valence-electron chi connectivity index (χ2n) is 3.86. The van der Waals surface area contributed by atoms with Gasteiger partial charge in [0, 0.05) is 11.1 Å². The molecule has 0 unspecified atom stereocenters. The molecule has 0 aliphatic heterocycles. The highest BCUT2D eigenvalue weighted by atomic mass is 127. The van der Waals surface area contributed by atoms with Crippen LogP contribution in [0.4, 0.5) is 0 Å². The Morgan fingerprint density at radius 1 is 1.33 bits per heavy atom. The Kier molecular flexibility index (Phi) is 4.00. The van der Waals surface area contributed by atoms with Crippen molar-refractivity contribution >= 4 is 28.6 Å². The van der Waals surface area contributed by atoms with Crippen LogP contribution in [-0.4, -0.2) is 5.71 Å². The number of hydrogen-bond acceptors (Lipinski definition) is 1. The van der Waals surface area contributed by atoms with Gasteiger partial charge in [0.2, 0.25) is 0 Å². The summed E-state index contributed by atoms with van der Waals surface area (Å²) in [4.78, 5) is 0. The third-order valence-electron chi connectivity index (χ3n) is 3.38. The van der Waals surface area contributed by atoms with Crippen molar-refractivity contribution in [3.05, 3.63) is 0 Å². The zero-order valence-corrected chi connectivity index (χ0v) is 10.2. The molecule has 0 bridgehead atoms. The molecule has 0 N–H and O–H groups in total. The lowest BCUT2D eigenvalue weighted by atomic mass is 9.69. The standard InChI is InChI=1S/C10H18IN/c1-3-10(9(2)12-11)7-5-4-6-8-10/h3-8H2,1-2H3. The maximum Gasteiger partial charge on any atom is 0.0830 e. The minimum atomic E-state index is 0.472. The van der Waals surface area contributed by atoms with Gasteiger partial charge in [-0.05, 0) is 26.2 Å². The number of halogens is 1. The molecule has 0 saturated heterocycles. The predicted octanol–water partition coefficient (Wildman–Crippen LogP) is 4.16. The van der Waals surface area contributed by atoms with Gasteiger partial charge >= 0.3 is 0 Å². The van der Waals surface area contributed by atoms with Gasteiger partial charge in [0.15, 0.2) is 0 Å². The van der Waals surface area contributed by atoms with Crippen molar-refractivity contribution < 1.29 is 0 Å². The minimum absolute atomic E-state index is 0.472. The summed E-state index contributed by atoms with van der Waals surface area (Å²) in [6.07, 6.45) is 8.22. The van der Waals surface area contributed by atoms with Gasteiger partial charge in [0.05, 0.1) is 22.9 Å². The molecule has 1 fully saturated rings. The monoisotopic (exact) mass is 279 g/mol. The molecule has 0 spiro atoms. The predicted molar refractivity (Wildman–Crippen MR) is 62.9 cm³/mol. The lowest BCUT2D eigenvalue weighted by molar-refractivity contribution is 0.274. The van der Waals surface area contributed by atoms with Crippen LogP contribution in [0, 0.1) is 5.41 Å². The molecule has 1 nitrogen and oxygen atoms in total. The molecule has 0 heterocycles. The topological polar surface area (TPSA) is 12.4 Å². The first-order valence-electron chi connectivity index (χ1n) is 4.91. The summed E-state index contributed by atoms with van der Waals surface area (Å²) < 4.78 is 4.34. The number of nitrogens with zero attached hydrogens (tertiary/aromatic N) is 1. The van der Waals surface area contributed by atoms with Crippen LogP contribution in [-0.2, 0) is 0 Å². The molecule has 2 heteroatoms. The Bertz CT molecular complexity index is 169. The summed E-state index contributed by atoms with van der Waals surface area (Å²) >= 11 is 2.14. The number of hydrogen-bond donors (Lipinski definition) is 0. The van der Waals surface area contributed by atoms with Crippen LogP contribution in [0.15, 0.2) is 3.21 Å². The zero-order valence-electron chi connectivity index (χ0n) is 8.07. The van der Waals surface area contributed by atoms with E-state index in [1.54, 1.807) is 0 Å². The summed E-state index contributed by atoms with van der Waals surface area (Å²) in [7, 11) is 0. The molecule has 0 radical (unpaired) electrons. The Labute approximate surface area is 89.5 Å². The van der Waals surface area contributed by atoms with Crippen molar-refractivity contribution in [2.75, 3.05) is 0 Å². The van der Waals surface area contributed by atoms with Gasteiger partial charge in [-0.1, -0.05) is 26.2 Å². The third-order valence-corrected chi connectivity index (χ3v) is 4.11. The second kappa shape index (κ2) is 4.58. The van der Waals surface area contributed by atoms with Gasteiger partial charge in [0.1, 0.15) is 0 Å². The molecule has 1 aliphatic carbocycles. The summed E-state index contributed by atoms with van der Waals surface area (Å²) in [5.41, 5.74) is 1.84. The molecule has 12 heavy (non-hydrogen) atoms. The maximum atomic E-state index is 4.34. The van der Waals surface area contributed by atoms with Crippen LogP contribution in [0.25, 0.3) is 0 Å². The smallest absolute Gasteiger partial charge is 0.0830 e.